The largest absolute Gasteiger partial charge is 0.493 e. The van der Waals surface area contributed by atoms with Gasteiger partial charge in [0.05, 0.1) is 27.9 Å². The molecule has 0 bridgehead atoms. The van der Waals surface area contributed by atoms with Crippen molar-refractivity contribution in [3.8, 4) is 17.2 Å². The Hall–Kier alpha value is -1.60. The van der Waals surface area contributed by atoms with Gasteiger partial charge < -0.3 is 27.2 Å². The number of methoxy groups -OCH3 is 3. The molecule has 0 fully saturated rings. The van der Waals surface area contributed by atoms with Gasteiger partial charge in [0.25, 0.3) is 0 Å². The molecule has 0 spiro atoms. The summed E-state index contributed by atoms with van der Waals surface area (Å²) in [6.07, 6.45) is 4.79. The zero-order valence-electron chi connectivity index (χ0n) is 21.1. The highest BCUT2D eigenvalue weighted by atomic mass is 28.4. The molecule has 0 aliphatic rings. The van der Waals surface area contributed by atoms with Crippen LogP contribution in [0.2, 0.25) is 45.3 Å². The Morgan fingerprint density at radius 2 is 1.41 bits per heavy atom. The number of esters is 1. The molecule has 0 aliphatic heterocycles. The molecular formula is C22H40O7Si3. The van der Waals surface area contributed by atoms with Crippen LogP contribution in [0, 0.1) is 0 Å². The summed E-state index contributed by atoms with van der Waals surface area (Å²) in [6.45, 7) is 13.6. The second-order valence-electron chi connectivity index (χ2n) is 9.35. The molecular weight excluding hydrogens is 460 g/mol. The van der Waals surface area contributed by atoms with Gasteiger partial charge in [-0.3, -0.25) is 0 Å². The van der Waals surface area contributed by atoms with Crippen LogP contribution in [0.25, 0.3) is 6.08 Å². The topological polar surface area (TPSA) is 72.5 Å². The van der Waals surface area contributed by atoms with Gasteiger partial charge in [0, 0.05) is 6.08 Å². The van der Waals surface area contributed by atoms with Crippen LogP contribution in [0.4, 0.5) is 0 Å². The van der Waals surface area contributed by atoms with Gasteiger partial charge in [0.15, 0.2) is 28.1 Å². The number of carbonyl (C=O) groups is 1. The van der Waals surface area contributed by atoms with E-state index in [2.05, 4.69) is 39.3 Å². The molecule has 0 aromatic heterocycles. The van der Waals surface area contributed by atoms with Crippen molar-refractivity contribution in [2.45, 2.75) is 58.2 Å². The quantitative estimate of drug-likeness (QED) is 0.154. The van der Waals surface area contributed by atoms with Crippen LogP contribution >= 0.6 is 0 Å². The summed E-state index contributed by atoms with van der Waals surface area (Å²) in [7, 11) is -0.304. The molecule has 0 heterocycles. The average molecular weight is 501 g/mol. The first-order valence-electron chi connectivity index (χ1n) is 10.9. The van der Waals surface area contributed by atoms with Gasteiger partial charge in [-0.25, -0.2) is 4.79 Å². The Bertz CT molecular complexity index is 714. The van der Waals surface area contributed by atoms with Crippen molar-refractivity contribution in [3.05, 3.63) is 23.8 Å². The fourth-order valence-electron chi connectivity index (χ4n) is 2.93. The molecule has 1 aromatic carbocycles. The van der Waals surface area contributed by atoms with Crippen LogP contribution in [-0.4, -0.2) is 59.8 Å². The van der Waals surface area contributed by atoms with Crippen molar-refractivity contribution in [1.82, 2.24) is 0 Å². The second-order valence-corrected chi connectivity index (χ2v) is 21.1. The number of rotatable bonds is 14. The first-order valence-corrected chi connectivity index (χ1v) is 19.5. The van der Waals surface area contributed by atoms with Gasteiger partial charge >= 0.3 is 15.3 Å². The molecule has 1 rings (SSSR count). The summed E-state index contributed by atoms with van der Waals surface area (Å²) in [5.74, 6) is 1.18. The Labute approximate surface area is 197 Å². The van der Waals surface area contributed by atoms with Crippen LogP contribution in [0.5, 0.6) is 17.2 Å². The zero-order chi connectivity index (χ0) is 24.4. The molecule has 0 saturated carbocycles. The minimum absolute atomic E-state index is 0.374. The lowest BCUT2D eigenvalue weighted by molar-refractivity contribution is -0.137. The average Bonchev–Trinajstić information content (AvgIpc) is 2.68. The number of carbonyl (C=O) groups excluding carboxylic acids is 1. The van der Waals surface area contributed by atoms with Crippen LogP contribution in [0.15, 0.2) is 18.2 Å². The Morgan fingerprint density at radius 1 is 0.875 bits per heavy atom. The maximum Gasteiger partial charge on any atom is 0.330 e. The Kier molecular flexibility index (Phi) is 11.7. The number of hydrogen-bond acceptors (Lipinski definition) is 7. The monoisotopic (exact) mass is 500 g/mol. The first kappa shape index (κ1) is 28.4. The van der Waals surface area contributed by atoms with Crippen molar-refractivity contribution in [2.24, 2.45) is 0 Å². The third-order valence-corrected chi connectivity index (χ3v) is 12.8. The molecule has 182 valence electrons. The normalized spacial score (nSPS) is 12.3. The van der Waals surface area contributed by atoms with E-state index >= 15 is 0 Å². The highest BCUT2D eigenvalue weighted by Crippen LogP contribution is 2.38. The fourth-order valence-corrected chi connectivity index (χ4v) is 11.4. The predicted octanol–water partition coefficient (Wildman–Crippen LogP) is 4.97. The van der Waals surface area contributed by atoms with Crippen LogP contribution in [0.3, 0.4) is 0 Å². The summed E-state index contributed by atoms with van der Waals surface area (Å²) in [5, 5.41) is 0. The van der Waals surface area contributed by atoms with Crippen molar-refractivity contribution in [2.75, 3.05) is 27.9 Å². The van der Waals surface area contributed by atoms with Crippen molar-refractivity contribution >= 4 is 38.0 Å². The van der Waals surface area contributed by atoms with E-state index in [0.29, 0.717) is 23.9 Å². The number of hydrogen-bond donors (Lipinski definition) is 0. The van der Waals surface area contributed by atoms with E-state index in [-0.39, 0.29) is 5.97 Å². The molecule has 0 saturated heterocycles. The minimum atomic E-state index is -1.69. The highest BCUT2D eigenvalue weighted by molar-refractivity contribution is 6.81. The maximum absolute atomic E-state index is 12.1. The number of benzene rings is 1. The van der Waals surface area contributed by atoms with E-state index in [1.807, 2.05) is 0 Å². The van der Waals surface area contributed by atoms with Gasteiger partial charge in [-0.15, -0.1) is 0 Å². The standard InChI is InChI=1S/C22H40O7Si3/c1-24-19-16-18(17-20(25-2)22(19)26-3)12-13-21(23)27-14-10-11-15-30(28-31(4,5)6)29-32(7,8)9/h12-13,16-17,30H,10-11,14-15H2,1-9H3. The summed E-state index contributed by atoms with van der Waals surface area (Å²) in [5.41, 5.74) is 0.747. The smallest absolute Gasteiger partial charge is 0.330 e. The Morgan fingerprint density at radius 3 is 1.84 bits per heavy atom. The minimum Gasteiger partial charge on any atom is -0.493 e. The predicted molar refractivity (Wildman–Crippen MR) is 136 cm³/mol. The second kappa shape index (κ2) is 13.2. The fraction of sp³-hybridized carbons (Fsp3) is 0.591. The molecule has 0 N–H and O–H groups in total. The molecule has 0 radical (unpaired) electrons. The molecule has 32 heavy (non-hydrogen) atoms. The van der Waals surface area contributed by atoms with E-state index < -0.39 is 25.9 Å². The number of unbranched alkanes of at least 4 members (excludes halogenated alkanes) is 1. The molecule has 1 aromatic rings. The third kappa shape index (κ3) is 11.3. The van der Waals surface area contributed by atoms with Gasteiger partial charge in [-0.2, -0.15) is 0 Å². The van der Waals surface area contributed by atoms with Crippen LogP contribution < -0.4 is 14.2 Å². The van der Waals surface area contributed by atoms with Crippen molar-refractivity contribution in [3.63, 3.8) is 0 Å². The highest BCUT2D eigenvalue weighted by Gasteiger charge is 2.28. The molecule has 0 unspecified atom stereocenters. The molecule has 0 aliphatic carbocycles. The van der Waals surface area contributed by atoms with Gasteiger partial charge in [0.1, 0.15) is 0 Å². The van der Waals surface area contributed by atoms with Crippen LogP contribution in [0.1, 0.15) is 18.4 Å². The van der Waals surface area contributed by atoms with E-state index in [4.69, 9.17) is 27.2 Å². The van der Waals surface area contributed by atoms with Gasteiger partial charge in [-0.05, 0) is 81.9 Å². The lowest BCUT2D eigenvalue weighted by Crippen LogP contribution is -2.43. The van der Waals surface area contributed by atoms with Crippen LogP contribution in [-0.2, 0) is 17.8 Å². The third-order valence-electron chi connectivity index (χ3n) is 4.15. The molecule has 0 atom stereocenters. The van der Waals surface area contributed by atoms with Crippen molar-refractivity contribution < 1.29 is 32.0 Å². The van der Waals surface area contributed by atoms with E-state index in [0.717, 1.165) is 24.4 Å². The van der Waals surface area contributed by atoms with E-state index in [1.165, 1.54) is 6.08 Å². The molecule has 0 amide bonds. The SMILES string of the molecule is COc1cc(C=CC(=O)OCCCC[SiH](O[Si](C)(C)C)O[Si](C)(C)C)cc(OC)c1OC. The zero-order valence-corrected chi connectivity index (χ0v) is 24.2. The van der Waals surface area contributed by atoms with Gasteiger partial charge in [0.2, 0.25) is 5.75 Å². The Balaban J connectivity index is 2.53. The lowest BCUT2D eigenvalue weighted by atomic mass is 10.1. The molecule has 10 heteroatoms. The molecule has 7 nitrogen and oxygen atoms in total. The number of ether oxygens (including phenoxy) is 4. The maximum atomic E-state index is 12.1. The summed E-state index contributed by atoms with van der Waals surface area (Å²) in [4.78, 5) is 12.1. The first-order chi connectivity index (χ1) is 14.9. The van der Waals surface area contributed by atoms with E-state index in [1.54, 1.807) is 39.5 Å². The van der Waals surface area contributed by atoms with Crippen molar-refractivity contribution in [1.29, 1.82) is 0 Å². The lowest BCUT2D eigenvalue weighted by Gasteiger charge is -2.30. The summed E-state index contributed by atoms with van der Waals surface area (Å²) in [6, 6.07) is 4.48. The van der Waals surface area contributed by atoms with E-state index in [9.17, 15) is 4.79 Å². The van der Waals surface area contributed by atoms with Gasteiger partial charge in [-0.1, -0.05) is 0 Å². The summed E-state index contributed by atoms with van der Waals surface area (Å²) < 4.78 is 34.0. The summed E-state index contributed by atoms with van der Waals surface area (Å²) >= 11 is 0.